The fourth-order valence-electron chi connectivity index (χ4n) is 3.84. The topological polar surface area (TPSA) is 268 Å². The number of likely N-dealkylation sites (N-methyl/N-ethyl adjacent to an activating group) is 1. The molecule has 18 nitrogen and oxygen atoms in total. The summed E-state index contributed by atoms with van der Waals surface area (Å²) >= 11 is 4.05. The van der Waals surface area contributed by atoms with Crippen LogP contribution >= 0.6 is 12.6 Å². The molecule has 0 spiro atoms. The number of carbonyl (C=O) groups excluding carboxylic acids is 3. The normalized spacial score (nSPS) is 16.1. The molecule has 0 bridgehead atoms. The molecule has 0 aliphatic heterocycles. The van der Waals surface area contributed by atoms with Gasteiger partial charge in [0.1, 0.15) is 18.1 Å². The molecule has 1 heterocycles. The van der Waals surface area contributed by atoms with E-state index < -0.39 is 74.9 Å². The molecule has 0 aliphatic carbocycles. The fourth-order valence-corrected chi connectivity index (χ4v) is 4.33. The third-order valence-corrected chi connectivity index (χ3v) is 7.36. The van der Waals surface area contributed by atoms with Gasteiger partial charge in [-0.1, -0.05) is 19.1 Å². The minimum atomic E-state index is -4.61. The summed E-state index contributed by atoms with van der Waals surface area (Å²) in [7, 11) is -3.10. The van der Waals surface area contributed by atoms with Crippen molar-refractivity contribution < 1.29 is 51.3 Å². The number of nitrogens with zero attached hydrogens (tertiary/aromatic N) is 3. The second-order valence-electron chi connectivity index (χ2n) is 10.9. The van der Waals surface area contributed by atoms with E-state index in [9.17, 15) is 42.6 Å². The van der Waals surface area contributed by atoms with Gasteiger partial charge in [0.15, 0.2) is 0 Å². The van der Waals surface area contributed by atoms with Crippen LogP contribution < -0.4 is 21.3 Å². The molecule has 6 atom stereocenters. The predicted molar refractivity (Wildman–Crippen MR) is 157 cm³/mol. The number of carboxylic acid groups (broad SMARTS) is 2. The molecule has 2 unspecified atom stereocenters. The summed E-state index contributed by atoms with van der Waals surface area (Å²) in [5.41, 5.74) is -1.02. The molecule has 0 saturated carbocycles. The second kappa shape index (κ2) is 16.7. The van der Waals surface area contributed by atoms with E-state index in [1.165, 1.54) is 45.6 Å². The highest BCUT2D eigenvalue weighted by Gasteiger charge is 2.37. The van der Waals surface area contributed by atoms with Gasteiger partial charge in [0.25, 0.3) is 0 Å². The average molecular weight is 668 g/mol. The molecule has 20 heteroatoms. The Morgan fingerprint density at radius 1 is 1.02 bits per heavy atom. The van der Waals surface area contributed by atoms with Crippen molar-refractivity contribution in [1.29, 1.82) is 0 Å². The van der Waals surface area contributed by atoms with Crippen LogP contribution in [0.5, 0.6) is 0 Å². The van der Waals surface area contributed by atoms with E-state index in [0.29, 0.717) is 5.69 Å². The number of rotatable bonds is 19. The number of hydrogen-bond donors (Lipinski definition) is 8. The maximum absolute atomic E-state index is 13.3. The van der Waals surface area contributed by atoms with Crippen LogP contribution in [0.4, 0.5) is 0 Å². The van der Waals surface area contributed by atoms with Gasteiger partial charge in [0, 0.05) is 17.4 Å². The van der Waals surface area contributed by atoms with Gasteiger partial charge < -0.3 is 31.5 Å². The lowest BCUT2D eigenvalue weighted by Crippen LogP contribution is -2.58. The van der Waals surface area contributed by atoms with Gasteiger partial charge in [-0.25, -0.2) is 13.7 Å². The maximum Gasteiger partial charge on any atom is 0.397 e. The molecule has 0 saturated heterocycles. The summed E-state index contributed by atoms with van der Waals surface area (Å²) in [6.45, 7) is 6.83. The van der Waals surface area contributed by atoms with Gasteiger partial charge in [-0.3, -0.25) is 23.7 Å². The Balaban J connectivity index is 3.02. The molecule has 1 rings (SSSR count). The molecular weight excluding hydrogens is 626 g/mol. The van der Waals surface area contributed by atoms with E-state index >= 15 is 0 Å². The lowest BCUT2D eigenvalue weighted by atomic mass is 9.85. The summed E-state index contributed by atoms with van der Waals surface area (Å²) < 4.78 is 35.6. The molecular formula is C24H41N7O11S2. The number of hydrogen-bond acceptors (Lipinski definition) is 12. The number of aliphatic carboxylic acids is 2. The molecule has 3 amide bonds. The first-order valence-electron chi connectivity index (χ1n) is 13.4. The Kier molecular flexibility index (Phi) is 14.7. The summed E-state index contributed by atoms with van der Waals surface area (Å²) in [6.07, 6.45) is 1.31. The van der Waals surface area contributed by atoms with E-state index in [-0.39, 0.29) is 31.9 Å². The smallest absolute Gasteiger partial charge is 0.397 e. The Morgan fingerprint density at radius 2 is 1.61 bits per heavy atom. The Bertz CT molecular complexity index is 1290. The molecule has 1 aromatic heterocycles. The van der Waals surface area contributed by atoms with Crippen molar-refractivity contribution in [2.45, 2.75) is 89.3 Å². The minimum Gasteiger partial charge on any atom is -0.481 e. The largest absolute Gasteiger partial charge is 0.481 e. The number of carboxylic acids is 2. The van der Waals surface area contributed by atoms with E-state index in [1.54, 1.807) is 6.92 Å². The number of aromatic nitrogens is 3. The zero-order valence-electron chi connectivity index (χ0n) is 25.2. The van der Waals surface area contributed by atoms with Crippen LogP contribution in [0.1, 0.15) is 59.1 Å². The summed E-state index contributed by atoms with van der Waals surface area (Å²) in [5, 5.41) is 36.1. The van der Waals surface area contributed by atoms with Crippen LogP contribution in [-0.2, 0) is 45.1 Å². The highest BCUT2D eigenvalue weighted by atomic mass is 32.3. The standard InChI is InChI=1S/C24H41N7O11S2/c1-12(17-11-31(30-29-17)7-8-42-44(39,40)41)9-15(25-6)20(33)27-16(10-24(4,5)23(37)38)21(34)26-13(2)19(32)28-18(14(3)43)22(35)36/h11-16,18,25,43H,7-10H2,1-6H3,(H,26,34)(H,27,33)(H,28,32)(H,35,36)(H,37,38)(H,39,40,41)/t12?,13-,14?,15-,16-,18-/m0/s1. The van der Waals surface area contributed by atoms with Crippen LogP contribution in [0.3, 0.4) is 0 Å². The number of nitrogens with one attached hydrogen (secondary N) is 4. The third kappa shape index (κ3) is 12.7. The van der Waals surface area contributed by atoms with Crippen molar-refractivity contribution in [2.24, 2.45) is 5.41 Å². The van der Waals surface area contributed by atoms with Crippen molar-refractivity contribution in [1.82, 2.24) is 36.3 Å². The minimum absolute atomic E-state index is 0.0350. The molecule has 0 fully saturated rings. The van der Waals surface area contributed by atoms with Gasteiger partial charge in [-0.2, -0.15) is 21.0 Å². The first-order chi connectivity index (χ1) is 20.2. The molecule has 0 radical (unpaired) electrons. The van der Waals surface area contributed by atoms with Gasteiger partial charge in [-0.15, -0.1) is 5.10 Å². The average Bonchev–Trinajstić information content (AvgIpc) is 3.37. The van der Waals surface area contributed by atoms with Gasteiger partial charge in [0.05, 0.1) is 30.3 Å². The van der Waals surface area contributed by atoms with Crippen molar-refractivity contribution in [3.8, 4) is 0 Å². The fraction of sp³-hybridized carbons (Fsp3) is 0.708. The first kappa shape index (κ1) is 38.7. The Labute approximate surface area is 260 Å². The maximum atomic E-state index is 13.3. The zero-order chi connectivity index (χ0) is 34.0. The van der Waals surface area contributed by atoms with Crippen LogP contribution in [0.25, 0.3) is 0 Å². The molecule has 7 N–H and O–H groups in total. The summed E-state index contributed by atoms with van der Waals surface area (Å²) in [6, 6.07) is -4.86. The first-order valence-corrected chi connectivity index (χ1v) is 15.3. The van der Waals surface area contributed by atoms with E-state index in [4.69, 9.17) is 4.55 Å². The monoisotopic (exact) mass is 667 g/mol. The van der Waals surface area contributed by atoms with Crippen LogP contribution in [0, 0.1) is 5.41 Å². The molecule has 0 aliphatic rings. The SMILES string of the molecule is CN[C@@H](CC(C)c1cn(CCOS(=O)(=O)O)nn1)C(=O)N[C@@H](CC(C)(C)C(=O)O)C(=O)N[C@@H](C)C(=O)N[C@H](C(=O)O)C(C)S. The van der Waals surface area contributed by atoms with Gasteiger partial charge >= 0.3 is 22.3 Å². The van der Waals surface area contributed by atoms with E-state index in [1.807, 2.05) is 0 Å². The lowest BCUT2D eigenvalue weighted by Gasteiger charge is -2.29. The summed E-state index contributed by atoms with van der Waals surface area (Å²) in [4.78, 5) is 62.3. The van der Waals surface area contributed by atoms with E-state index in [0.717, 1.165) is 0 Å². The van der Waals surface area contributed by atoms with Crippen LogP contribution in [0.2, 0.25) is 0 Å². The van der Waals surface area contributed by atoms with Gasteiger partial charge in [0.2, 0.25) is 17.7 Å². The van der Waals surface area contributed by atoms with E-state index in [2.05, 4.69) is 48.4 Å². The highest BCUT2D eigenvalue weighted by molar-refractivity contribution is 7.81. The number of amides is 3. The Morgan fingerprint density at radius 3 is 2.11 bits per heavy atom. The number of thiol groups is 1. The summed E-state index contributed by atoms with van der Waals surface area (Å²) in [5.74, 6) is -5.27. The van der Waals surface area contributed by atoms with Crippen molar-refractivity contribution in [2.75, 3.05) is 13.7 Å². The van der Waals surface area contributed by atoms with Crippen LogP contribution in [-0.4, -0.2) is 111 Å². The molecule has 250 valence electrons. The Hall–Kier alpha value is -3.33. The van der Waals surface area contributed by atoms with Crippen molar-refractivity contribution in [3.05, 3.63) is 11.9 Å². The number of carbonyl (C=O) groups is 5. The van der Waals surface area contributed by atoms with Crippen molar-refractivity contribution in [3.63, 3.8) is 0 Å². The lowest BCUT2D eigenvalue weighted by molar-refractivity contribution is -0.148. The van der Waals surface area contributed by atoms with Gasteiger partial charge in [-0.05, 0) is 40.7 Å². The molecule has 0 aromatic carbocycles. The van der Waals surface area contributed by atoms with Crippen molar-refractivity contribution >= 4 is 52.7 Å². The van der Waals surface area contributed by atoms with Crippen LogP contribution in [0.15, 0.2) is 6.20 Å². The second-order valence-corrected chi connectivity index (χ2v) is 12.8. The molecule has 1 aromatic rings. The third-order valence-electron chi connectivity index (χ3n) is 6.59. The highest BCUT2D eigenvalue weighted by Crippen LogP contribution is 2.24. The predicted octanol–water partition coefficient (Wildman–Crippen LogP) is -1.44. The molecule has 44 heavy (non-hydrogen) atoms. The quantitative estimate of drug-likeness (QED) is 0.0620. The zero-order valence-corrected chi connectivity index (χ0v) is 26.9.